The fourth-order valence-electron chi connectivity index (χ4n) is 2.73. The monoisotopic (exact) mass is 477 g/mol. The van der Waals surface area contributed by atoms with Crippen LogP contribution in [0.15, 0.2) is 45.8 Å². The van der Waals surface area contributed by atoms with Gasteiger partial charge in [-0.15, -0.1) is 24.0 Å². The Balaban J connectivity index is 0.00000312. The van der Waals surface area contributed by atoms with Crippen LogP contribution in [0.4, 0.5) is 0 Å². The predicted molar refractivity (Wildman–Crippen MR) is 114 cm³/mol. The van der Waals surface area contributed by atoms with E-state index in [0.717, 1.165) is 24.5 Å². The zero-order valence-corrected chi connectivity index (χ0v) is 18.1. The largest absolute Gasteiger partial charge is 0.356 e. The molecule has 0 radical (unpaired) electrons. The van der Waals surface area contributed by atoms with Crippen molar-refractivity contribution in [2.45, 2.75) is 43.5 Å². The van der Waals surface area contributed by atoms with Gasteiger partial charge in [-0.3, -0.25) is 4.99 Å². The van der Waals surface area contributed by atoms with E-state index in [4.69, 9.17) is 0 Å². The lowest BCUT2D eigenvalue weighted by molar-refractivity contribution is 0.602. The first-order valence-electron chi connectivity index (χ1n) is 8.40. The number of benzene rings is 1. The molecule has 2 N–H and O–H groups in total. The van der Waals surface area contributed by atoms with Crippen LogP contribution in [0.5, 0.6) is 0 Å². The Bertz CT molecular complexity index is 698. The fraction of sp³-hybridized carbons (Fsp3) is 0.500. The van der Waals surface area contributed by atoms with E-state index in [2.05, 4.69) is 21.7 Å². The summed E-state index contributed by atoms with van der Waals surface area (Å²) in [6.45, 7) is 1.48. The van der Waals surface area contributed by atoms with Gasteiger partial charge in [0.2, 0.25) is 0 Å². The lowest BCUT2D eigenvalue weighted by Gasteiger charge is -2.15. The van der Waals surface area contributed by atoms with Gasteiger partial charge in [0.15, 0.2) is 15.8 Å². The number of rotatable bonds is 6. The first-order valence-corrected chi connectivity index (χ1v) is 10.3. The van der Waals surface area contributed by atoms with Gasteiger partial charge in [-0.05, 0) is 49.8 Å². The summed E-state index contributed by atoms with van der Waals surface area (Å²) in [6.07, 6.45) is 9.70. The van der Waals surface area contributed by atoms with E-state index in [9.17, 15) is 8.42 Å². The van der Waals surface area contributed by atoms with Crippen molar-refractivity contribution in [2.75, 3.05) is 19.8 Å². The minimum atomic E-state index is -3.14. The number of sulfone groups is 1. The molecule has 7 heteroatoms. The maximum Gasteiger partial charge on any atom is 0.191 e. The van der Waals surface area contributed by atoms with Crippen LogP contribution in [0.3, 0.4) is 0 Å². The minimum absolute atomic E-state index is 0. The highest BCUT2D eigenvalue weighted by Gasteiger charge is 2.07. The average molecular weight is 477 g/mol. The molecule has 1 aromatic rings. The van der Waals surface area contributed by atoms with Gasteiger partial charge in [0.05, 0.1) is 4.90 Å². The van der Waals surface area contributed by atoms with Crippen LogP contribution in [0.1, 0.15) is 37.7 Å². The van der Waals surface area contributed by atoms with Crippen LogP contribution in [-0.4, -0.2) is 34.2 Å². The van der Waals surface area contributed by atoms with Crippen LogP contribution < -0.4 is 10.6 Å². The van der Waals surface area contributed by atoms with E-state index in [1.807, 2.05) is 12.1 Å². The van der Waals surface area contributed by atoms with Gasteiger partial charge >= 0.3 is 0 Å². The third kappa shape index (κ3) is 7.77. The van der Waals surface area contributed by atoms with Crippen molar-refractivity contribution in [3.05, 3.63) is 41.5 Å². The molecule has 0 aliphatic heterocycles. The summed E-state index contributed by atoms with van der Waals surface area (Å²) in [7, 11) is -1.39. The highest BCUT2D eigenvalue weighted by molar-refractivity contribution is 14.0. The Kier molecular flexibility index (Phi) is 9.48. The van der Waals surface area contributed by atoms with E-state index >= 15 is 0 Å². The summed E-state index contributed by atoms with van der Waals surface area (Å²) >= 11 is 0. The van der Waals surface area contributed by atoms with E-state index in [1.54, 1.807) is 24.8 Å². The van der Waals surface area contributed by atoms with Crippen LogP contribution in [-0.2, 0) is 16.4 Å². The molecule has 0 amide bonds. The van der Waals surface area contributed by atoms with Crippen molar-refractivity contribution < 1.29 is 8.42 Å². The van der Waals surface area contributed by atoms with Gasteiger partial charge in [0, 0.05) is 26.4 Å². The van der Waals surface area contributed by atoms with Crippen LogP contribution in [0, 0.1) is 0 Å². The highest BCUT2D eigenvalue weighted by atomic mass is 127. The highest BCUT2D eigenvalue weighted by Crippen LogP contribution is 2.19. The number of hydrogen-bond acceptors (Lipinski definition) is 3. The normalized spacial score (nSPS) is 15.1. The Morgan fingerprint density at radius 1 is 1.16 bits per heavy atom. The smallest absolute Gasteiger partial charge is 0.191 e. The summed E-state index contributed by atoms with van der Waals surface area (Å²) in [4.78, 5) is 4.56. The van der Waals surface area contributed by atoms with E-state index in [0.29, 0.717) is 11.4 Å². The van der Waals surface area contributed by atoms with Crippen LogP contribution >= 0.6 is 24.0 Å². The number of halogens is 1. The molecule has 1 aliphatic rings. The number of nitrogens with zero attached hydrogens (tertiary/aromatic N) is 1. The van der Waals surface area contributed by atoms with Crippen molar-refractivity contribution in [3.8, 4) is 0 Å². The van der Waals surface area contributed by atoms with Gasteiger partial charge in [0.1, 0.15) is 0 Å². The second-order valence-corrected chi connectivity index (χ2v) is 8.14. The van der Waals surface area contributed by atoms with Crippen LogP contribution in [0.2, 0.25) is 0 Å². The van der Waals surface area contributed by atoms with Crippen molar-refractivity contribution >= 4 is 39.8 Å². The van der Waals surface area contributed by atoms with E-state index in [1.165, 1.54) is 31.9 Å². The lowest BCUT2D eigenvalue weighted by atomic mass is 9.97. The third-order valence-corrected chi connectivity index (χ3v) is 5.29. The van der Waals surface area contributed by atoms with Crippen molar-refractivity contribution in [1.29, 1.82) is 0 Å². The number of nitrogens with one attached hydrogen (secondary N) is 2. The van der Waals surface area contributed by atoms with E-state index in [-0.39, 0.29) is 24.0 Å². The van der Waals surface area contributed by atoms with Gasteiger partial charge in [-0.25, -0.2) is 8.42 Å². The summed E-state index contributed by atoms with van der Waals surface area (Å²) in [5, 5.41) is 6.58. The Hall–Kier alpha value is -1.09. The SMILES string of the molecule is CN=C(NCCC1=CCCCC1)NCc1ccc(S(C)(=O)=O)cc1.I. The number of hydrogen-bond donors (Lipinski definition) is 2. The third-order valence-electron chi connectivity index (χ3n) is 4.16. The average Bonchev–Trinajstić information content (AvgIpc) is 2.58. The molecule has 0 aromatic heterocycles. The zero-order valence-electron chi connectivity index (χ0n) is 14.9. The fourth-order valence-corrected chi connectivity index (χ4v) is 3.36. The minimum Gasteiger partial charge on any atom is -0.356 e. The van der Waals surface area contributed by atoms with Crippen molar-refractivity contribution in [1.82, 2.24) is 10.6 Å². The number of allylic oxidation sites excluding steroid dienone is 1. The molecular weight excluding hydrogens is 449 g/mol. The summed E-state index contributed by atoms with van der Waals surface area (Å²) in [5.74, 6) is 0.763. The lowest BCUT2D eigenvalue weighted by Crippen LogP contribution is -2.37. The number of guanidine groups is 1. The zero-order chi connectivity index (χ0) is 17.4. The predicted octanol–water partition coefficient (Wildman–Crippen LogP) is 3.26. The molecule has 0 saturated heterocycles. The van der Waals surface area contributed by atoms with Gasteiger partial charge in [0.25, 0.3) is 0 Å². The molecule has 0 fully saturated rings. The molecular formula is C18H28IN3O2S. The Labute approximate surface area is 168 Å². The molecule has 0 bridgehead atoms. The first kappa shape index (κ1) is 22.0. The maximum absolute atomic E-state index is 11.5. The van der Waals surface area contributed by atoms with Gasteiger partial charge in [-0.2, -0.15) is 0 Å². The first-order chi connectivity index (χ1) is 11.5. The molecule has 0 unspecified atom stereocenters. The molecule has 0 atom stereocenters. The standard InChI is InChI=1S/C18H27N3O2S.HI/c1-19-18(20-13-12-15-6-4-3-5-7-15)21-14-16-8-10-17(11-9-16)24(2,22)23;/h6,8-11H,3-5,7,12-14H2,1-2H3,(H2,19,20,21);1H. The molecule has 2 rings (SSSR count). The van der Waals surface area contributed by atoms with Crippen molar-refractivity contribution in [2.24, 2.45) is 4.99 Å². The molecule has 1 aliphatic carbocycles. The van der Waals surface area contributed by atoms with E-state index < -0.39 is 9.84 Å². The second-order valence-electron chi connectivity index (χ2n) is 6.13. The van der Waals surface area contributed by atoms with Gasteiger partial charge < -0.3 is 10.6 Å². The molecule has 140 valence electrons. The summed E-state index contributed by atoms with van der Waals surface area (Å²) in [6, 6.07) is 6.92. The maximum atomic E-state index is 11.5. The molecule has 1 aromatic carbocycles. The van der Waals surface area contributed by atoms with Gasteiger partial charge in [-0.1, -0.05) is 23.8 Å². The van der Waals surface area contributed by atoms with Crippen LogP contribution in [0.25, 0.3) is 0 Å². The summed E-state index contributed by atoms with van der Waals surface area (Å²) < 4.78 is 22.9. The molecule has 25 heavy (non-hydrogen) atoms. The Morgan fingerprint density at radius 2 is 1.88 bits per heavy atom. The summed E-state index contributed by atoms with van der Waals surface area (Å²) in [5.41, 5.74) is 2.56. The second kappa shape index (κ2) is 10.8. The topological polar surface area (TPSA) is 70.6 Å². The number of aliphatic imine (C=N–C) groups is 1. The Morgan fingerprint density at radius 3 is 2.44 bits per heavy atom. The molecule has 5 nitrogen and oxygen atoms in total. The quantitative estimate of drug-likeness (QED) is 0.286. The molecule has 0 heterocycles. The molecule has 0 saturated carbocycles. The molecule has 0 spiro atoms. The van der Waals surface area contributed by atoms with Crippen molar-refractivity contribution in [3.63, 3.8) is 0 Å².